The molecule has 0 radical (unpaired) electrons. The normalized spacial score (nSPS) is 23.9. The van der Waals surface area contributed by atoms with Gasteiger partial charge in [-0.15, -0.1) is 23.2 Å². The molecule has 2 aromatic carbocycles. The Bertz CT molecular complexity index is 2420. The number of aryl methyl sites for hydroxylation is 2. The summed E-state index contributed by atoms with van der Waals surface area (Å²) in [5, 5.41) is 11.4. The van der Waals surface area contributed by atoms with Crippen LogP contribution >= 0.6 is 39.1 Å². The summed E-state index contributed by atoms with van der Waals surface area (Å²) in [6.07, 6.45) is 1.27. The van der Waals surface area contributed by atoms with Gasteiger partial charge in [-0.2, -0.15) is 0 Å². The summed E-state index contributed by atoms with van der Waals surface area (Å²) in [6, 6.07) is 5.30. The van der Waals surface area contributed by atoms with Crippen molar-refractivity contribution in [2.75, 3.05) is 28.4 Å². The van der Waals surface area contributed by atoms with Crippen LogP contribution in [-0.2, 0) is 36.1 Å². The minimum absolute atomic E-state index is 0.0646. The number of phenols is 1. The number of phenolic OH excluding ortho intramolecular Hbond substituents is 1. The van der Waals surface area contributed by atoms with Crippen LogP contribution in [0.3, 0.4) is 0 Å². The van der Waals surface area contributed by atoms with E-state index >= 15 is 0 Å². The van der Waals surface area contributed by atoms with Gasteiger partial charge in [0.25, 0.3) is 17.4 Å². The van der Waals surface area contributed by atoms with Crippen molar-refractivity contribution in [2.24, 2.45) is 7.05 Å². The Morgan fingerprint density at radius 2 is 1.61 bits per heavy atom. The Labute approximate surface area is 307 Å². The summed E-state index contributed by atoms with van der Waals surface area (Å²) in [5.41, 5.74) is -0.247. The summed E-state index contributed by atoms with van der Waals surface area (Å²) >= 11 is 17.8. The lowest BCUT2D eigenvalue weighted by molar-refractivity contribution is -0.137. The molecule has 0 bridgehead atoms. The minimum Gasteiger partial charge on any atom is -0.504 e. The number of aromatic hydroxyl groups is 1. The number of carbonyl (C=O) groups excluding carboxylic acids is 2. The molecule has 4 atom stereocenters. The van der Waals surface area contributed by atoms with Crippen molar-refractivity contribution >= 4 is 62.0 Å². The Kier molecular flexibility index (Phi) is 8.22. The molecule has 15 nitrogen and oxygen atoms in total. The van der Waals surface area contributed by atoms with E-state index in [1.807, 2.05) is 0 Å². The van der Waals surface area contributed by atoms with E-state index in [0.717, 1.165) is 9.47 Å². The molecular weight excluding hydrogens is 775 g/mol. The third-order valence-corrected chi connectivity index (χ3v) is 12.1. The number of aromatic nitrogens is 5. The summed E-state index contributed by atoms with van der Waals surface area (Å²) in [4.78, 5) is 70.1. The van der Waals surface area contributed by atoms with E-state index in [2.05, 4.69) is 20.9 Å². The Balaban J connectivity index is 1.33. The molecule has 51 heavy (non-hydrogen) atoms. The van der Waals surface area contributed by atoms with Crippen LogP contribution < -0.4 is 31.1 Å². The van der Waals surface area contributed by atoms with Gasteiger partial charge in [-0.05, 0) is 17.7 Å². The van der Waals surface area contributed by atoms with Gasteiger partial charge in [0.1, 0.15) is 5.69 Å². The lowest BCUT2D eigenvalue weighted by Gasteiger charge is -2.49. The van der Waals surface area contributed by atoms with E-state index in [4.69, 9.17) is 37.4 Å². The maximum Gasteiger partial charge on any atom is 0.347 e. The molecule has 3 aliphatic rings. The van der Waals surface area contributed by atoms with Gasteiger partial charge in [-0.1, -0.05) is 22.0 Å². The number of amides is 2. The van der Waals surface area contributed by atoms with Crippen LogP contribution in [0.1, 0.15) is 29.6 Å². The molecule has 2 fully saturated rings. The first-order valence-electron chi connectivity index (χ1n) is 15.6. The van der Waals surface area contributed by atoms with Crippen LogP contribution in [0, 0.1) is 0 Å². The van der Waals surface area contributed by atoms with Crippen LogP contribution in [0.5, 0.6) is 23.0 Å². The van der Waals surface area contributed by atoms with Crippen molar-refractivity contribution in [3.63, 3.8) is 0 Å². The van der Waals surface area contributed by atoms with E-state index in [9.17, 15) is 29.1 Å². The fourth-order valence-electron chi connectivity index (χ4n) is 7.65. The van der Waals surface area contributed by atoms with Crippen LogP contribution in [0.15, 0.2) is 54.8 Å². The lowest BCUT2D eigenvalue weighted by atomic mass is 9.64. The molecule has 4 aromatic rings. The zero-order valence-electron chi connectivity index (χ0n) is 27.9. The molecule has 4 heterocycles. The number of imide groups is 1. The summed E-state index contributed by atoms with van der Waals surface area (Å²) in [6.45, 7) is -0.306. The average molecular weight is 806 g/mol. The first-order valence-corrected chi connectivity index (χ1v) is 17.2. The second-order valence-corrected chi connectivity index (χ2v) is 14.8. The van der Waals surface area contributed by atoms with Gasteiger partial charge in [0.2, 0.25) is 0 Å². The number of ether oxygens (including phenoxy) is 3. The number of alkyl halides is 2. The molecule has 268 valence electrons. The monoisotopic (exact) mass is 804 g/mol. The third kappa shape index (κ3) is 4.68. The predicted octanol–water partition coefficient (Wildman–Crippen LogP) is 2.42. The van der Waals surface area contributed by atoms with Gasteiger partial charge < -0.3 is 23.9 Å². The van der Waals surface area contributed by atoms with E-state index in [0.29, 0.717) is 32.6 Å². The second-order valence-electron chi connectivity index (χ2n) is 12.6. The molecule has 1 saturated heterocycles. The largest absolute Gasteiger partial charge is 0.504 e. The maximum absolute atomic E-state index is 14.2. The molecule has 7 rings (SSSR count). The van der Waals surface area contributed by atoms with Crippen LogP contribution in [0.25, 0.3) is 11.0 Å². The van der Waals surface area contributed by atoms with Crippen LogP contribution in [-0.4, -0.2) is 83.4 Å². The van der Waals surface area contributed by atoms with E-state index < -0.39 is 50.5 Å². The summed E-state index contributed by atoms with van der Waals surface area (Å²) < 4.78 is 21.4. The number of allylic oxidation sites excluding steroid dienone is 2. The molecule has 0 unspecified atom stereocenters. The van der Waals surface area contributed by atoms with Crippen molar-refractivity contribution in [3.8, 4) is 23.0 Å². The fraction of sp³-hybridized carbons (Fsp3) is 0.394. The lowest BCUT2D eigenvalue weighted by Crippen LogP contribution is -2.59. The number of hydrogen-bond acceptors (Lipinski definition) is 10. The van der Waals surface area contributed by atoms with E-state index in [1.54, 1.807) is 31.3 Å². The quantitative estimate of drug-likeness (QED) is 0.166. The SMILES string of the molecule is COc1cc2nc(CCn3c(=O)n4n(c3=O)[C@@H]3C[C@@]5(Cl)C(=O)N(C)C(=O)[C@@]5(Cl)[C@@H](c5cc(Br)cc(OC)c5O)C3=CC4)c(=O)n(C)c2cc1OC. The molecule has 2 amide bonds. The number of rotatable bonds is 7. The number of methoxy groups -OCH3 is 3. The highest BCUT2D eigenvalue weighted by Gasteiger charge is 2.75. The fourth-order valence-corrected chi connectivity index (χ4v) is 9.10. The van der Waals surface area contributed by atoms with Crippen LogP contribution in [0.4, 0.5) is 0 Å². The molecule has 0 spiro atoms. The molecule has 2 aliphatic heterocycles. The Morgan fingerprint density at radius 1 is 0.941 bits per heavy atom. The summed E-state index contributed by atoms with van der Waals surface area (Å²) in [7, 11) is 7.16. The van der Waals surface area contributed by atoms with Gasteiger partial charge in [0.15, 0.2) is 32.7 Å². The van der Waals surface area contributed by atoms with E-state index in [-0.39, 0.29) is 48.7 Å². The topological polar surface area (TPSA) is 169 Å². The molecule has 18 heteroatoms. The molecule has 1 aliphatic carbocycles. The Hall–Kier alpha value is -4.54. The van der Waals surface area contributed by atoms with Crippen molar-refractivity contribution in [2.45, 2.75) is 47.6 Å². The highest BCUT2D eigenvalue weighted by molar-refractivity contribution is 9.10. The summed E-state index contributed by atoms with van der Waals surface area (Å²) in [5.74, 6) is -2.24. The predicted molar refractivity (Wildman–Crippen MR) is 189 cm³/mol. The molecule has 2 aromatic heterocycles. The highest BCUT2D eigenvalue weighted by Crippen LogP contribution is 2.64. The standard InChI is InChI=1S/C33H31BrCl2N6O9/c1-38-20-13-23(50-4)22(49-3)12-19(20)37-18(27(38)44)7-8-40-30(47)41-9-6-16-21(42(41)31(40)48)14-32(35)28(45)39(2)29(46)33(32,36)25(16)17-10-15(34)11-24(51-5)26(17)43/h6,10-13,21,25,43H,7-9,14H2,1-5H3/t21-,25-,32-,33+/m1/s1. The van der Waals surface area contributed by atoms with Gasteiger partial charge >= 0.3 is 11.4 Å². The van der Waals surface area contributed by atoms with Gasteiger partial charge in [-0.3, -0.25) is 19.3 Å². The number of nitrogens with zero attached hydrogens (tertiary/aromatic N) is 6. The Morgan fingerprint density at radius 3 is 2.27 bits per heavy atom. The average Bonchev–Trinajstić information content (AvgIpc) is 3.43. The molecule has 1 N–H and O–H groups in total. The number of halogens is 3. The van der Waals surface area contributed by atoms with Gasteiger partial charge in [-0.25, -0.2) is 28.5 Å². The van der Waals surface area contributed by atoms with Gasteiger partial charge in [0, 0.05) is 61.6 Å². The van der Waals surface area contributed by atoms with Crippen LogP contribution in [0.2, 0.25) is 0 Å². The highest BCUT2D eigenvalue weighted by atomic mass is 79.9. The number of fused-ring (bicyclic) bond motifs is 5. The zero-order valence-corrected chi connectivity index (χ0v) is 31.0. The number of hydrogen-bond donors (Lipinski definition) is 1. The third-order valence-electron chi connectivity index (χ3n) is 10.2. The molecular formula is C33H31BrCl2N6O9. The first kappa shape index (κ1) is 34.9. The second kappa shape index (κ2) is 12.0. The minimum atomic E-state index is -2.12. The first-order chi connectivity index (χ1) is 24.1. The number of carbonyl (C=O) groups is 2. The van der Waals surface area contributed by atoms with Crippen molar-refractivity contribution in [3.05, 3.63) is 83.0 Å². The molecule has 1 saturated carbocycles. The maximum atomic E-state index is 14.2. The van der Waals surface area contributed by atoms with Crippen molar-refractivity contribution in [1.29, 1.82) is 0 Å². The van der Waals surface area contributed by atoms with E-state index in [1.165, 1.54) is 48.4 Å². The smallest absolute Gasteiger partial charge is 0.347 e. The van der Waals surface area contributed by atoms with Crippen molar-refractivity contribution in [1.82, 2.24) is 28.4 Å². The van der Waals surface area contributed by atoms with Gasteiger partial charge in [0.05, 0.1) is 44.9 Å². The zero-order chi connectivity index (χ0) is 36.9. The van der Waals surface area contributed by atoms with Crippen molar-refractivity contribution < 1.29 is 28.9 Å². The number of benzene rings is 2. The number of likely N-dealkylation sites (tertiary alicyclic amines) is 1.